The number of rotatable bonds is 0. The molecule has 0 amide bonds. The largest absolute Gasteiger partial charge is 0.294 e. The molecule has 2 atom stereocenters. The van der Waals surface area contributed by atoms with E-state index in [0.717, 1.165) is 30.4 Å². The van der Waals surface area contributed by atoms with Crippen molar-refractivity contribution >= 4 is 12.1 Å². The van der Waals surface area contributed by atoms with E-state index in [2.05, 4.69) is 11.1 Å². The number of aliphatic imine (C=N–C) groups is 1. The Balaban J connectivity index is 1.91. The normalized spacial score (nSPS) is 30.1. The Bertz CT molecular complexity index is 726. The van der Waals surface area contributed by atoms with Crippen molar-refractivity contribution in [3.8, 4) is 6.07 Å². The van der Waals surface area contributed by atoms with Crippen LogP contribution in [0.4, 0.5) is 0 Å². The fraction of sp³-hybridized carbons (Fsp3) is 0.312. The zero-order chi connectivity index (χ0) is 13.7. The number of fused-ring (bicyclic) bond motifs is 4. The number of ketones is 1. The van der Waals surface area contributed by atoms with E-state index in [1.165, 1.54) is 10.6 Å². The Hall–Kier alpha value is -2.25. The number of benzene rings is 1. The van der Waals surface area contributed by atoms with E-state index in [4.69, 9.17) is 5.26 Å². The fourth-order valence-corrected chi connectivity index (χ4v) is 3.89. The van der Waals surface area contributed by atoms with Crippen molar-refractivity contribution in [1.82, 2.24) is 0 Å². The first kappa shape index (κ1) is 11.6. The highest BCUT2D eigenvalue weighted by Crippen LogP contribution is 2.41. The number of nitrogens with zero attached hydrogens (tertiary/aromatic N) is 2. The van der Waals surface area contributed by atoms with Gasteiger partial charge in [0.05, 0.1) is 24.3 Å². The van der Waals surface area contributed by atoms with E-state index in [0.29, 0.717) is 12.0 Å². The number of carbonyl (C=O) groups is 1. The number of allylic oxidation sites excluding steroid dienone is 1. The average molecular weight is 264 g/mol. The van der Waals surface area contributed by atoms with Gasteiger partial charge < -0.3 is 0 Å². The molecular weight excluding hydrogens is 250 g/mol. The quantitative estimate of drug-likeness (QED) is 0.767. The van der Waals surface area contributed by atoms with Gasteiger partial charge in [0.15, 0.2) is 12.1 Å². The fourth-order valence-electron chi connectivity index (χ4n) is 3.89. The van der Waals surface area contributed by atoms with Gasteiger partial charge in [-0.1, -0.05) is 6.07 Å². The first-order valence-electron chi connectivity index (χ1n) is 6.92. The van der Waals surface area contributed by atoms with E-state index in [1.807, 2.05) is 24.7 Å². The van der Waals surface area contributed by atoms with Gasteiger partial charge in [-0.15, -0.1) is 0 Å². The molecular formula is C16H14N3O+. The van der Waals surface area contributed by atoms with Gasteiger partial charge in [0.2, 0.25) is 0 Å². The lowest BCUT2D eigenvalue weighted by Crippen LogP contribution is -3.16. The van der Waals surface area contributed by atoms with Crippen LogP contribution >= 0.6 is 0 Å². The van der Waals surface area contributed by atoms with E-state index < -0.39 is 0 Å². The van der Waals surface area contributed by atoms with Gasteiger partial charge in [-0.05, 0) is 18.6 Å². The highest BCUT2D eigenvalue weighted by molar-refractivity contribution is 6.02. The number of nitriles is 1. The number of Topliss-reactive ketones (excluding diaryl/α,β-unsaturated/α-hetero) is 1. The maximum Gasteiger partial charge on any atom is 0.194 e. The second-order valence-corrected chi connectivity index (χ2v) is 5.75. The van der Waals surface area contributed by atoms with E-state index >= 15 is 0 Å². The molecule has 0 bridgehead atoms. The molecule has 0 radical (unpaired) electrons. The highest BCUT2D eigenvalue weighted by Gasteiger charge is 2.54. The summed E-state index contributed by atoms with van der Waals surface area (Å²) in [6.07, 6.45) is 7.52. The lowest BCUT2D eigenvalue weighted by atomic mass is 9.81. The predicted molar refractivity (Wildman–Crippen MR) is 73.2 cm³/mol. The van der Waals surface area contributed by atoms with Gasteiger partial charge in [0.25, 0.3) is 0 Å². The molecule has 1 saturated heterocycles. The van der Waals surface area contributed by atoms with Gasteiger partial charge >= 0.3 is 0 Å². The molecule has 4 rings (SSSR count). The predicted octanol–water partition coefficient (Wildman–Crippen LogP) is 1.29. The van der Waals surface area contributed by atoms with Crippen LogP contribution in [0.15, 0.2) is 35.1 Å². The molecule has 4 nitrogen and oxygen atoms in total. The summed E-state index contributed by atoms with van der Waals surface area (Å²) in [5.74, 6) is 0.158. The average Bonchev–Trinajstić information content (AvgIpc) is 3.05. The third-order valence-corrected chi connectivity index (χ3v) is 4.77. The van der Waals surface area contributed by atoms with Crippen molar-refractivity contribution < 1.29 is 9.69 Å². The standard InChI is InChI=1S/C16H13N3O/c17-8-11-3-4-14-13(6-11)15(20)7-16(14)5-1-2-12-9-18-10-19(12)16/h3-4,6,9-10H,1-2,5,7H2/p+1. The zero-order valence-electron chi connectivity index (χ0n) is 11.0. The minimum Gasteiger partial charge on any atom is -0.294 e. The molecule has 3 aliphatic rings. The molecule has 2 heterocycles. The summed E-state index contributed by atoms with van der Waals surface area (Å²) in [5.41, 5.74) is 3.48. The van der Waals surface area contributed by atoms with Crippen molar-refractivity contribution in [1.29, 1.82) is 5.26 Å². The van der Waals surface area contributed by atoms with Crippen LogP contribution in [0, 0.1) is 11.3 Å². The summed E-state index contributed by atoms with van der Waals surface area (Å²) < 4.78 is 0. The van der Waals surface area contributed by atoms with Gasteiger partial charge in [-0.3, -0.25) is 9.69 Å². The van der Waals surface area contributed by atoms with Crippen LogP contribution in [0.3, 0.4) is 0 Å². The Labute approximate surface area is 117 Å². The van der Waals surface area contributed by atoms with Crippen molar-refractivity contribution in [3.63, 3.8) is 0 Å². The molecule has 4 heteroatoms. The molecule has 1 aliphatic carbocycles. The molecule has 98 valence electrons. The summed E-state index contributed by atoms with van der Waals surface area (Å²) in [4.78, 5) is 17.9. The number of carbonyl (C=O) groups excluding carboxylic acids is 1. The van der Waals surface area contributed by atoms with E-state index in [1.54, 1.807) is 6.07 Å². The molecule has 1 aromatic carbocycles. The lowest BCUT2D eigenvalue weighted by Gasteiger charge is -2.38. The van der Waals surface area contributed by atoms with Crippen LogP contribution in [0.2, 0.25) is 0 Å². The van der Waals surface area contributed by atoms with Gasteiger partial charge in [0.1, 0.15) is 11.2 Å². The molecule has 1 N–H and O–H groups in total. The van der Waals surface area contributed by atoms with Crippen LogP contribution in [-0.4, -0.2) is 12.1 Å². The monoisotopic (exact) mass is 264 g/mol. The maximum absolute atomic E-state index is 12.4. The Morgan fingerprint density at radius 2 is 2.30 bits per heavy atom. The van der Waals surface area contributed by atoms with E-state index in [-0.39, 0.29) is 11.3 Å². The molecule has 1 fully saturated rings. The third kappa shape index (κ3) is 1.33. The third-order valence-electron chi connectivity index (χ3n) is 4.77. The summed E-state index contributed by atoms with van der Waals surface area (Å²) in [5, 5.41) is 9.01. The van der Waals surface area contributed by atoms with Crippen LogP contribution in [0.1, 0.15) is 47.2 Å². The van der Waals surface area contributed by atoms with Gasteiger partial charge in [-0.2, -0.15) is 5.26 Å². The van der Waals surface area contributed by atoms with Gasteiger partial charge in [0, 0.05) is 24.0 Å². The molecule has 0 aromatic heterocycles. The summed E-state index contributed by atoms with van der Waals surface area (Å²) in [7, 11) is 0. The summed E-state index contributed by atoms with van der Waals surface area (Å²) in [6.45, 7) is 0. The zero-order valence-corrected chi connectivity index (χ0v) is 11.0. The van der Waals surface area contributed by atoms with Crippen molar-refractivity contribution in [3.05, 3.63) is 46.8 Å². The Morgan fingerprint density at radius 1 is 1.40 bits per heavy atom. The SMILES string of the molecule is N#Cc1ccc2c(c1)C(=O)CC21CCCC2=CN=C[NH+]21. The summed E-state index contributed by atoms with van der Waals surface area (Å²) >= 11 is 0. The minimum atomic E-state index is -0.190. The van der Waals surface area contributed by atoms with Gasteiger partial charge in [-0.25, -0.2) is 4.99 Å². The van der Waals surface area contributed by atoms with Crippen LogP contribution < -0.4 is 4.90 Å². The minimum absolute atomic E-state index is 0.158. The number of nitrogens with one attached hydrogen (secondary N) is 1. The number of hydrogen-bond donors (Lipinski definition) is 1. The number of piperidine rings is 1. The highest BCUT2D eigenvalue weighted by atomic mass is 16.1. The maximum atomic E-state index is 12.4. The molecule has 20 heavy (non-hydrogen) atoms. The molecule has 1 aromatic rings. The Morgan fingerprint density at radius 3 is 3.15 bits per heavy atom. The number of quaternary nitrogens is 1. The van der Waals surface area contributed by atoms with E-state index in [9.17, 15) is 4.79 Å². The lowest BCUT2D eigenvalue weighted by molar-refractivity contribution is -0.833. The molecule has 2 unspecified atom stereocenters. The van der Waals surface area contributed by atoms with Crippen molar-refractivity contribution in [2.45, 2.75) is 31.2 Å². The van der Waals surface area contributed by atoms with Crippen molar-refractivity contribution in [2.75, 3.05) is 0 Å². The van der Waals surface area contributed by atoms with Crippen molar-refractivity contribution in [2.24, 2.45) is 4.99 Å². The second kappa shape index (κ2) is 3.87. The first-order chi connectivity index (χ1) is 9.74. The Kier molecular flexibility index (Phi) is 2.24. The second-order valence-electron chi connectivity index (χ2n) is 5.75. The molecule has 2 aliphatic heterocycles. The smallest absolute Gasteiger partial charge is 0.194 e. The number of hydrogen-bond acceptors (Lipinski definition) is 3. The first-order valence-corrected chi connectivity index (χ1v) is 6.92. The molecule has 0 saturated carbocycles. The summed E-state index contributed by atoms with van der Waals surface area (Å²) in [6, 6.07) is 7.66. The van der Waals surface area contributed by atoms with Crippen LogP contribution in [0.5, 0.6) is 0 Å². The topological polar surface area (TPSA) is 57.7 Å². The van der Waals surface area contributed by atoms with Crippen LogP contribution in [-0.2, 0) is 5.54 Å². The molecule has 1 spiro atoms. The van der Waals surface area contributed by atoms with Crippen LogP contribution in [0.25, 0.3) is 0 Å².